The highest BCUT2D eigenvalue weighted by atomic mass is 35.5. The quantitative estimate of drug-likeness (QED) is 0.366. The zero-order valence-corrected chi connectivity index (χ0v) is 22.2. The molecule has 184 valence electrons. The third-order valence-electron chi connectivity index (χ3n) is 5.97. The Balaban J connectivity index is 1.99. The van der Waals surface area contributed by atoms with Gasteiger partial charge in [-0.2, -0.15) is 0 Å². The summed E-state index contributed by atoms with van der Waals surface area (Å²) in [4.78, 5) is 28.9. The second kappa shape index (κ2) is 12.2. The van der Waals surface area contributed by atoms with Gasteiger partial charge in [-0.05, 0) is 67.6 Å². The van der Waals surface area contributed by atoms with Crippen LogP contribution in [-0.2, 0) is 29.0 Å². The first-order valence-electron chi connectivity index (χ1n) is 11.8. The van der Waals surface area contributed by atoms with E-state index in [1.165, 1.54) is 5.56 Å². The number of hydrogen-bond acceptors (Lipinski definition) is 2. The molecule has 3 rings (SSSR count). The number of amides is 2. The Morgan fingerprint density at radius 1 is 0.829 bits per heavy atom. The van der Waals surface area contributed by atoms with Crippen LogP contribution in [0.25, 0.3) is 0 Å². The van der Waals surface area contributed by atoms with Crippen molar-refractivity contribution in [3.8, 4) is 0 Å². The van der Waals surface area contributed by atoms with Crippen LogP contribution < -0.4 is 5.32 Å². The third kappa shape index (κ3) is 7.58. The van der Waals surface area contributed by atoms with Gasteiger partial charge in [-0.25, -0.2) is 0 Å². The highest BCUT2D eigenvalue weighted by Gasteiger charge is 2.31. The second-order valence-electron chi connectivity index (χ2n) is 9.23. The van der Waals surface area contributed by atoms with Crippen molar-refractivity contribution in [1.29, 1.82) is 0 Å². The van der Waals surface area contributed by atoms with E-state index in [0.29, 0.717) is 16.5 Å². The lowest BCUT2D eigenvalue weighted by molar-refractivity contribution is -0.141. The van der Waals surface area contributed by atoms with Crippen LogP contribution in [0.4, 0.5) is 0 Å². The molecule has 0 aliphatic rings. The summed E-state index contributed by atoms with van der Waals surface area (Å²) in [5.41, 5.74) is 5.01. The number of nitrogens with zero attached hydrogens (tertiary/aromatic N) is 1. The van der Waals surface area contributed by atoms with Crippen LogP contribution in [0.2, 0.25) is 10.0 Å². The first kappa shape index (κ1) is 26.8. The lowest BCUT2D eigenvalue weighted by atomic mass is 10.00. The summed E-state index contributed by atoms with van der Waals surface area (Å²) in [6.07, 6.45) is 0.599. The molecule has 0 spiro atoms. The number of benzene rings is 3. The fourth-order valence-electron chi connectivity index (χ4n) is 3.96. The summed E-state index contributed by atoms with van der Waals surface area (Å²) in [6.45, 7) is 8.15. The number of aryl methyl sites for hydroxylation is 2. The van der Waals surface area contributed by atoms with Gasteiger partial charge in [-0.3, -0.25) is 9.59 Å². The first-order valence-corrected chi connectivity index (χ1v) is 12.5. The molecule has 1 atom stereocenters. The van der Waals surface area contributed by atoms with E-state index >= 15 is 0 Å². The van der Waals surface area contributed by atoms with Crippen LogP contribution in [0.1, 0.15) is 41.7 Å². The minimum Gasteiger partial charge on any atom is -0.352 e. The van der Waals surface area contributed by atoms with Gasteiger partial charge in [0.2, 0.25) is 11.8 Å². The zero-order valence-electron chi connectivity index (χ0n) is 20.6. The van der Waals surface area contributed by atoms with E-state index in [2.05, 4.69) is 5.32 Å². The van der Waals surface area contributed by atoms with Crippen LogP contribution in [-0.4, -0.2) is 28.8 Å². The third-order valence-corrected chi connectivity index (χ3v) is 6.70. The predicted molar refractivity (Wildman–Crippen MR) is 144 cm³/mol. The molecular weight excluding hydrogens is 479 g/mol. The molecule has 0 aliphatic carbocycles. The molecule has 0 radical (unpaired) electrons. The molecule has 0 saturated carbocycles. The van der Waals surface area contributed by atoms with Crippen molar-refractivity contribution < 1.29 is 9.59 Å². The van der Waals surface area contributed by atoms with Crippen molar-refractivity contribution in [2.75, 3.05) is 0 Å². The van der Waals surface area contributed by atoms with Crippen LogP contribution in [0.15, 0.2) is 66.7 Å². The summed E-state index contributed by atoms with van der Waals surface area (Å²) in [5, 5.41) is 3.87. The topological polar surface area (TPSA) is 49.4 Å². The molecule has 0 saturated heterocycles. The highest BCUT2D eigenvalue weighted by Crippen LogP contribution is 2.25. The van der Waals surface area contributed by atoms with Gasteiger partial charge < -0.3 is 10.2 Å². The van der Waals surface area contributed by atoms with Gasteiger partial charge in [0.15, 0.2) is 0 Å². The van der Waals surface area contributed by atoms with E-state index < -0.39 is 6.04 Å². The van der Waals surface area contributed by atoms with Crippen molar-refractivity contribution in [2.45, 2.75) is 59.2 Å². The van der Waals surface area contributed by atoms with Gasteiger partial charge in [0.1, 0.15) is 6.04 Å². The molecule has 35 heavy (non-hydrogen) atoms. The van der Waals surface area contributed by atoms with E-state index in [9.17, 15) is 9.59 Å². The highest BCUT2D eigenvalue weighted by molar-refractivity contribution is 6.42. The van der Waals surface area contributed by atoms with Crippen molar-refractivity contribution >= 4 is 35.0 Å². The van der Waals surface area contributed by atoms with E-state index in [1.807, 2.05) is 82.3 Å². The molecule has 0 heterocycles. The number of carbonyl (C=O) groups excluding carboxylic acids is 2. The maximum atomic E-state index is 13.8. The minimum absolute atomic E-state index is 0.0533. The van der Waals surface area contributed by atoms with Crippen LogP contribution in [0.5, 0.6) is 0 Å². The molecule has 0 fully saturated rings. The Bertz CT molecular complexity index is 1180. The summed E-state index contributed by atoms with van der Waals surface area (Å²) >= 11 is 12.4. The molecule has 0 aromatic heterocycles. The molecule has 6 heteroatoms. The van der Waals surface area contributed by atoms with Gasteiger partial charge >= 0.3 is 0 Å². The average Bonchev–Trinajstić information content (AvgIpc) is 2.81. The number of carbonyl (C=O) groups is 2. The molecule has 3 aromatic carbocycles. The molecule has 0 unspecified atom stereocenters. The Kier molecular flexibility index (Phi) is 9.36. The Morgan fingerprint density at radius 2 is 1.51 bits per heavy atom. The van der Waals surface area contributed by atoms with Crippen LogP contribution >= 0.6 is 23.2 Å². The molecule has 1 N–H and O–H groups in total. The van der Waals surface area contributed by atoms with Gasteiger partial charge in [0, 0.05) is 19.0 Å². The normalized spacial score (nSPS) is 11.9. The fourth-order valence-corrected chi connectivity index (χ4v) is 4.28. The molecule has 3 aromatic rings. The SMILES string of the molecule is Cc1ccc(CC(=O)N(Cc2ccc(Cl)c(Cl)c2)[C@@H](Cc2ccccc2)C(=O)NC(C)C)cc1C. The van der Waals surface area contributed by atoms with Gasteiger partial charge in [-0.1, -0.05) is 77.8 Å². The summed E-state index contributed by atoms with van der Waals surface area (Å²) < 4.78 is 0. The monoisotopic (exact) mass is 510 g/mol. The summed E-state index contributed by atoms with van der Waals surface area (Å²) in [6, 6.07) is 20.3. The number of hydrogen-bond donors (Lipinski definition) is 1. The fraction of sp³-hybridized carbons (Fsp3) is 0.310. The summed E-state index contributed by atoms with van der Waals surface area (Å²) in [5.74, 6) is -0.309. The van der Waals surface area contributed by atoms with Crippen molar-refractivity contribution in [1.82, 2.24) is 10.2 Å². The molecule has 0 aliphatic heterocycles. The molecule has 4 nitrogen and oxygen atoms in total. The van der Waals surface area contributed by atoms with Crippen LogP contribution in [0.3, 0.4) is 0 Å². The Morgan fingerprint density at radius 3 is 2.14 bits per heavy atom. The van der Waals surface area contributed by atoms with E-state index in [1.54, 1.807) is 17.0 Å². The van der Waals surface area contributed by atoms with Gasteiger partial charge in [0.25, 0.3) is 0 Å². The van der Waals surface area contributed by atoms with Crippen LogP contribution in [0, 0.1) is 13.8 Å². The lowest BCUT2D eigenvalue weighted by Crippen LogP contribution is -2.52. The number of rotatable bonds is 9. The van der Waals surface area contributed by atoms with E-state index in [4.69, 9.17) is 23.2 Å². The van der Waals surface area contributed by atoms with E-state index in [0.717, 1.165) is 22.3 Å². The maximum Gasteiger partial charge on any atom is 0.243 e. The molecule has 2 amide bonds. The summed E-state index contributed by atoms with van der Waals surface area (Å²) in [7, 11) is 0. The van der Waals surface area contributed by atoms with Crippen molar-refractivity contribution in [3.05, 3.63) is 105 Å². The Hall–Kier alpha value is -2.82. The number of nitrogens with one attached hydrogen (secondary N) is 1. The number of halogens is 2. The lowest BCUT2D eigenvalue weighted by Gasteiger charge is -2.32. The standard InChI is InChI=1S/C29H32Cl2N2O2/c1-19(2)32-29(35)27(16-22-8-6-5-7-9-22)33(18-24-12-13-25(30)26(31)15-24)28(34)17-23-11-10-20(3)21(4)14-23/h5-15,19,27H,16-18H2,1-4H3,(H,32,35)/t27-/m0/s1. The first-order chi connectivity index (χ1) is 16.6. The second-order valence-corrected chi connectivity index (χ2v) is 10.0. The largest absolute Gasteiger partial charge is 0.352 e. The predicted octanol–water partition coefficient (Wildman–Crippen LogP) is 6.32. The maximum absolute atomic E-state index is 13.8. The molecular formula is C29H32Cl2N2O2. The molecule has 0 bridgehead atoms. The van der Waals surface area contributed by atoms with Gasteiger partial charge in [-0.15, -0.1) is 0 Å². The zero-order chi connectivity index (χ0) is 25.5. The minimum atomic E-state index is -0.687. The van der Waals surface area contributed by atoms with Crippen molar-refractivity contribution in [2.24, 2.45) is 0 Å². The smallest absolute Gasteiger partial charge is 0.243 e. The van der Waals surface area contributed by atoms with E-state index in [-0.39, 0.29) is 30.8 Å². The Labute approximate surface area is 218 Å². The van der Waals surface area contributed by atoms with Gasteiger partial charge in [0.05, 0.1) is 16.5 Å². The average molecular weight is 511 g/mol. The van der Waals surface area contributed by atoms with Crippen molar-refractivity contribution in [3.63, 3.8) is 0 Å².